The first-order valence-corrected chi connectivity index (χ1v) is 6.31. The van der Waals surface area contributed by atoms with Gasteiger partial charge in [-0.25, -0.2) is 0 Å². The van der Waals surface area contributed by atoms with Gasteiger partial charge in [-0.15, -0.1) is 11.8 Å². The lowest BCUT2D eigenvalue weighted by atomic mass is 10.00. The average Bonchev–Trinajstić information content (AvgIpc) is 2.21. The van der Waals surface area contributed by atoms with Gasteiger partial charge in [0, 0.05) is 15.2 Å². The van der Waals surface area contributed by atoms with E-state index in [0.29, 0.717) is 11.7 Å². The largest absolute Gasteiger partial charge is 0.314 e. The molecule has 0 radical (unpaired) electrons. The number of nitrogens with zero attached hydrogens (tertiary/aromatic N) is 1. The summed E-state index contributed by atoms with van der Waals surface area (Å²) in [4.78, 5) is 1.14. The van der Waals surface area contributed by atoms with Crippen LogP contribution in [0.15, 0.2) is 29.2 Å². The minimum Gasteiger partial charge on any atom is -0.314 e. The SMILES string of the molecule is CC(CC(C)(N)C#N)Sc1ccc(Cl)cc1. The second kappa shape index (κ2) is 5.58. The van der Waals surface area contributed by atoms with Crippen molar-refractivity contribution < 1.29 is 0 Å². The van der Waals surface area contributed by atoms with Crippen LogP contribution in [0.2, 0.25) is 5.02 Å². The quantitative estimate of drug-likeness (QED) is 0.838. The number of rotatable bonds is 4. The second-order valence-corrected chi connectivity index (χ2v) is 6.06. The zero-order valence-electron chi connectivity index (χ0n) is 9.40. The molecule has 0 spiro atoms. The molecule has 2 unspecified atom stereocenters. The summed E-state index contributed by atoms with van der Waals surface area (Å²) in [6, 6.07) is 9.79. The Morgan fingerprint density at radius 3 is 2.56 bits per heavy atom. The van der Waals surface area contributed by atoms with E-state index in [9.17, 15) is 0 Å². The summed E-state index contributed by atoms with van der Waals surface area (Å²) in [5, 5.41) is 9.88. The van der Waals surface area contributed by atoms with Gasteiger partial charge in [-0.05, 0) is 37.6 Å². The fourth-order valence-electron chi connectivity index (χ4n) is 1.43. The highest BCUT2D eigenvalue weighted by atomic mass is 35.5. The summed E-state index contributed by atoms with van der Waals surface area (Å²) in [5.41, 5.74) is 5.05. The zero-order chi connectivity index (χ0) is 12.2. The molecule has 0 aliphatic rings. The molecule has 0 heterocycles. The van der Waals surface area contributed by atoms with Crippen LogP contribution in [0.3, 0.4) is 0 Å². The Balaban J connectivity index is 2.55. The van der Waals surface area contributed by atoms with Crippen molar-refractivity contribution in [2.24, 2.45) is 5.73 Å². The molecule has 2 atom stereocenters. The van der Waals surface area contributed by atoms with Crippen molar-refractivity contribution in [2.75, 3.05) is 0 Å². The smallest absolute Gasteiger partial charge is 0.102 e. The molecule has 0 amide bonds. The highest BCUT2D eigenvalue weighted by molar-refractivity contribution is 7.99. The van der Waals surface area contributed by atoms with E-state index in [0.717, 1.165) is 9.92 Å². The first-order chi connectivity index (χ1) is 7.43. The van der Waals surface area contributed by atoms with Crippen LogP contribution in [-0.2, 0) is 0 Å². The van der Waals surface area contributed by atoms with E-state index in [4.69, 9.17) is 22.6 Å². The monoisotopic (exact) mass is 254 g/mol. The van der Waals surface area contributed by atoms with Crippen LogP contribution in [0.25, 0.3) is 0 Å². The van der Waals surface area contributed by atoms with Gasteiger partial charge in [0.1, 0.15) is 5.54 Å². The Labute approximate surface area is 106 Å². The van der Waals surface area contributed by atoms with E-state index in [1.165, 1.54) is 0 Å². The Morgan fingerprint density at radius 2 is 2.06 bits per heavy atom. The highest BCUT2D eigenvalue weighted by Crippen LogP contribution is 2.28. The van der Waals surface area contributed by atoms with Gasteiger partial charge in [0.2, 0.25) is 0 Å². The van der Waals surface area contributed by atoms with Crippen molar-refractivity contribution in [3.63, 3.8) is 0 Å². The number of hydrogen-bond donors (Lipinski definition) is 1. The van der Waals surface area contributed by atoms with Crippen LogP contribution >= 0.6 is 23.4 Å². The van der Waals surface area contributed by atoms with Crippen LogP contribution in [0.5, 0.6) is 0 Å². The molecular formula is C12H15ClN2S. The number of thioether (sulfide) groups is 1. The Morgan fingerprint density at radius 1 is 1.50 bits per heavy atom. The summed E-state index contributed by atoms with van der Waals surface area (Å²) in [6.45, 7) is 3.83. The molecule has 86 valence electrons. The lowest BCUT2D eigenvalue weighted by Gasteiger charge is -2.20. The van der Waals surface area contributed by atoms with Crippen LogP contribution in [-0.4, -0.2) is 10.8 Å². The van der Waals surface area contributed by atoms with Crippen molar-refractivity contribution in [3.8, 4) is 6.07 Å². The number of halogens is 1. The first kappa shape index (κ1) is 13.4. The number of hydrogen-bond acceptors (Lipinski definition) is 3. The molecule has 0 aliphatic carbocycles. The maximum absolute atomic E-state index is 8.84. The minimum absolute atomic E-state index is 0.302. The van der Waals surface area contributed by atoms with Crippen LogP contribution in [0.4, 0.5) is 0 Å². The molecule has 0 bridgehead atoms. The Hall–Kier alpha value is -0.690. The van der Waals surface area contributed by atoms with Gasteiger partial charge < -0.3 is 5.73 Å². The zero-order valence-corrected chi connectivity index (χ0v) is 11.0. The van der Waals surface area contributed by atoms with Crippen LogP contribution < -0.4 is 5.73 Å². The summed E-state index contributed by atoms with van der Waals surface area (Å²) in [5.74, 6) is 0. The van der Waals surface area contributed by atoms with Crippen molar-refractivity contribution in [1.29, 1.82) is 5.26 Å². The number of nitriles is 1. The Bertz CT molecular complexity index is 381. The molecule has 1 aromatic carbocycles. The number of nitrogens with two attached hydrogens (primary N) is 1. The molecule has 0 aliphatic heterocycles. The van der Waals surface area contributed by atoms with E-state index < -0.39 is 5.54 Å². The maximum Gasteiger partial charge on any atom is 0.102 e. The maximum atomic E-state index is 8.84. The van der Waals surface area contributed by atoms with Gasteiger partial charge in [0.25, 0.3) is 0 Å². The summed E-state index contributed by atoms with van der Waals surface area (Å²) < 4.78 is 0. The van der Waals surface area contributed by atoms with Gasteiger partial charge in [-0.1, -0.05) is 18.5 Å². The van der Waals surface area contributed by atoms with E-state index in [2.05, 4.69) is 13.0 Å². The van der Waals surface area contributed by atoms with Gasteiger partial charge >= 0.3 is 0 Å². The van der Waals surface area contributed by atoms with Crippen LogP contribution in [0, 0.1) is 11.3 Å². The molecule has 2 nitrogen and oxygen atoms in total. The van der Waals surface area contributed by atoms with Crippen molar-refractivity contribution in [1.82, 2.24) is 0 Å². The van der Waals surface area contributed by atoms with E-state index in [1.807, 2.05) is 24.3 Å². The van der Waals surface area contributed by atoms with Gasteiger partial charge in [-0.3, -0.25) is 0 Å². The standard InChI is InChI=1S/C12H15ClN2S/c1-9(7-12(2,15)8-14)16-11-5-3-10(13)4-6-11/h3-6,9H,7,15H2,1-2H3. The topological polar surface area (TPSA) is 49.8 Å². The molecule has 1 aromatic rings. The minimum atomic E-state index is -0.751. The summed E-state index contributed by atoms with van der Waals surface area (Å²) >= 11 is 7.51. The molecule has 0 saturated heterocycles. The third-order valence-corrected chi connectivity index (χ3v) is 3.48. The average molecular weight is 255 g/mol. The predicted octanol–water partition coefficient (Wildman–Crippen LogP) is 3.45. The molecule has 1 rings (SSSR count). The third-order valence-electron chi connectivity index (χ3n) is 2.12. The molecule has 16 heavy (non-hydrogen) atoms. The number of benzene rings is 1. The highest BCUT2D eigenvalue weighted by Gasteiger charge is 2.21. The fourth-order valence-corrected chi connectivity index (χ4v) is 2.74. The van der Waals surface area contributed by atoms with Gasteiger partial charge in [0.05, 0.1) is 6.07 Å². The van der Waals surface area contributed by atoms with E-state index in [1.54, 1.807) is 18.7 Å². The van der Waals surface area contributed by atoms with E-state index in [-0.39, 0.29) is 0 Å². The molecule has 0 fully saturated rings. The van der Waals surface area contributed by atoms with E-state index >= 15 is 0 Å². The molecular weight excluding hydrogens is 240 g/mol. The lowest BCUT2D eigenvalue weighted by Crippen LogP contribution is -2.36. The second-order valence-electron chi connectivity index (χ2n) is 4.12. The molecule has 4 heteroatoms. The molecule has 2 N–H and O–H groups in total. The summed E-state index contributed by atoms with van der Waals surface area (Å²) in [6.07, 6.45) is 0.663. The molecule has 0 saturated carbocycles. The lowest BCUT2D eigenvalue weighted by molar-refractivity contribution is 0.545. The third kappa shape index (κ3) is 4.44. The van der Waals surface area contributed by atoms with Gasteiger partial charge in [0.15, 0.2) is 0 Å². The normalized spacial score (nSPS) is 16.2. The van der Waals surface area contributed by atoms with Crippen molar-refractivity contribution >= 4 is 23.4 Å². The van der Waals surface area contributed by atoms with Crippen LogP contribution in [0.1, 0.15) is 20.3 Å². The summed E-state index contributed by atoms with van der Waals surface area (Å²) in [7, 11) is 0. The first-order valence-electron chi connectivity index (χ1n) is 5.05. The fraction of sp³-hybridized carbons (Fsp3) is 0.417. The predicted molar refractivity (Wildman–Crippen MR) is 69.6 cm³/mol. The van der Waals surface area contributed by atoms with Gasteiger partial charge in [-0.2, -0.15) is 5.26 Å². The van der Waals surface area contributed by atoms with Crippen molar-refractivity contribution in [2.45, 2.75) is 36.0 Å². The Kier molecular flexibility index (Phi) is 4.67. The molecule has 0 aromatic heterocycles. The van der Waals surface area contributed by atoms with Crippen molar-refractivity contribution in [3.05, 3.63) is 29.3 Å².